The molecule has 3 fully saturated rings. The van der Waals surface area contributed by atoms with Crippen LogP contribution in [0.2, 0.25) is 0 Å². The van der Waals surface area contributed by atoms with E-state index in [9.17, 15) is 4.79 Å². The number of rotatable bonds is 5. The van der Waals surface area contributed by atoms with Gasteiger partial charge in [0.1, 0.15) is 0 Å². The monoisotopic (exact) mass is 296 g/mol. The van der Waals surface area contributed by atoms with Gasteiger partial charge in [0.2, 0.25) is 5.91 Å². The number of hydrogen-bond acceptors (Lipinski definition) is 4. The van der Waals surface area contributed by atoms with Crippen molar-refractivity contribution in [2.24, 2.45) is 0 Å². The van der Waals surface area contributed by atoms with Crippen LogP contribution in [0.1, 0.15) is 45.4 Å². The Bertz CT molecular complexity index is 339. The van der Waals surface area contributed by atoms with Gasteiger partial charge in [0, 0.05) is 26.3 Å². The Balaban J connectivity index is 1.65. The first kappa shape index (κ1) is 15.3. The molecule has 0 aliphatic carbocycles. The zero-order valence-corrected chi connectivity index (χ0v) is 13.1. The van der Waals surface area contributed by atoms with Crippen LogP contribution in [-0.4, -0.2) is 61.4 Å². The number of nitrogens with zero attached hydrogens (tertiary/aromatic N) is 1. The maximum atomic E-state index is 13.0. The van der Waals surface area contributed by atoms with Gasteiger partial charge in [-0.05, 0) is 52.0 Å². The summed E-state index contributed by atoms with van der Waals surface area (Å²) in [5.41, 5.74) is -0.392. The fraction of sp³-hybridized carbons (Fsp3) is 0.938. The van der Waals surface area contributed by atoms with Gasteiger partial charge in [-0.1, -0.05) is 0 Å². The maximum absolute atomic E-state index is 13.0. The van der Waals surface area contributed by atoms with Crippen molar-refractivity contribution in [2.45, 2.75) is 63.2 Å². The van der Waals surface area contributed by atoms with Crippen LogP contribution in [-0.2, 0) is 14.3 Å². The standard InChI is InChI=1S/C16H28N2O3/c1-16(7-4-8-17-16)15(19)18(11-13-5-2-9-20-13)12-14-6-3-10-21-14/h13-14,17H,2-12H2,1H3. The highest BCUT2D eigenvalue weighted by molar-refractivity contribution is 5.86. The average Bonchev–Trinajstić information content (AvgIpc) is 3.20. The van der Waals surface area contributed by atoms with Crippen molar-refractivity contribution in [1.29, 1.82) is 0 Å². The Kier molecular flexibility index (Phi) is 4.82. The topological polar surface area (TPSA) is 50.8 Å². The van der Waals surface area contributed by atoms with Crippen molar-refractivity contribution in [1.82, 2.24) is 10.2 Å². The third kappa shape index (κ3) is 3.58. The maximum Gasteiger partial charge on any atom is 0.242 e. The summed E-state index contributed by atoms with van der Waals surface area (Å²) in [6.07, 6.45) is 6.79. The Morgan fingerprint density at radius 2 is 1.76 bits per heavy atom. The van der Waals surface area contributed by atoms with Crippen LogP contribution in [0.4, 0.5) is 0 Å². The summed E-state index contributed by atoms with van der Waals surface area (Å²) in [5, 5.41) is 3.39. The highest BCUT2D eigenvalue weighted by atomic mass is 16.5. The average molecular weight is 296 g/mol. The molecule has 3 rings (SSSR count). The van der Waals surface area contributed by atoms with Gasteiger partial charge in [0.05, 0.1) is 17.7 Å². The highest BCUT2D eigenvalue weighted by Crippen LogP contribution is 2.24. The Labute approximate surface area is 127 Å². The van der Waals surface area contributed by atoms with Crippen LogP contribution in [0.25, 0.3) is 0 Å². The second kappa shape index (κ2) is 6.63. The smallest absolute Gasteiger partial charge is 0.242 e. The first-order valence-corrected chi connectivity index (χ1v) is 8.45. The third-order valence-electron chi connectivity index (χ3n) is 5.02. The number of carbonyl (C=O) groups is 1. The second-order valence-electron chi connectivity index (χ2n) is 6.84. The van der Waals surface area contributed by atoms with Crippen molar-refractivity contribution in [2.75, 3.05) is 32.8 Å². The van der Waals surface area contributed by atoms with Crippen LogP contribution in [0, 0.1) is 0 Å². The molecular weight excluding hydrogens is 268 g/mol. The van der Waals surface area contributed by atoms with Gasteiger partial charge in [-0.25, -0.2) is 0 Å². The summed E-state index contributed by atoms with van der Waals surface area (Å²) in [4.78, 5) is 15.0. The van der Waals surface area contributed by atoms with Crippen molar-refractivity contribution < 1.29 is 14.3 Å². The molecule has 3 aliphatic rings. The molecule has 0 aromatic rings. The summed E-state index contributed by atoms with van der Waals surface area (Å²) in [5.74, 6) is 0.228. The lowest BCUT2D eigenvalue weighted by molar-refractivity contribution is -0.140. The molecule has 0 bridgehead atoms. The fourth-order valence-corrected chi connectivity index (χ4v) is 3.73. The molecule has 21 heavy (non-hydrogen) atoms. The van der Waals surface area contributed by atoms with E-state index in [2.05, 4.69) is 5.32 Å². The Morgan fingerprint density at radius 3 is 2.19 bits per heavy atom. The minimum absolute atomic E-state index is 0.209. The Morgan fingerprint density at radius 1 is 1.14 bits per heavy atom. The van der Waals surface area contributed by atoms with E-state index >= 15 is 0 Å². The van der Waals surface area contributed by atoms with E-state index < -0.39 is 5.54 Å². The number of hydrogen-bond donors (Lipinski definition) is 1. The van der Waals surface area contributed by atoms with E-state index in [1.165, 1.54) is 0 Å². The number of carbonyl (C=O) groups excluding carboxylic acids is 1. The first-order chi connectivity index (χ1) is 10.2. The molecule has 3 unspecified atom stereocenters. The molecule has 3 saturated heterocycles. The molecule has 0 radical (unpaired) electrons. The molecule has 120 valence electrons. The van der Waals surface area contributed by atoms with Crippen molar-refractivity contribution in [3.05, 3.63) is 0 Å². The summed E-state index contributed by atoms with van der Waals surface area (Å²) < 4.78 is 11.5. The number of nitrogens with one attached hydrogen (secondary N) is 1. The number of amides is 1. The molecule has 0 aromatic heterocycles. The molecule has 3 aliphatic heterocycles. The molecule has 1 amide bonds. The largest absolute Gasteiger partial charge is 0.376 e. The van der Waals surface area contributed by atoms with Crippen LogP contribution < -0.4 is 5.32 Å². The van der Waals surface area contributed by atoms with Crippen molar-refractivity contribution in [3.8, 4) is 0 Å². The summed E-state index contributed by atoms with van der Waals surface area (Å²) >= 11 is 0. The van der Waals surface area contributed by atoms with Crippen molar-refractivity contribution in [3.63, 3.8) is 0 Å². The summed E-state index contributed by atoms with van der Waals surface area (Å²) in [6.45, 7) is 6.09. The van der Waals surface area contributed by atoms with Gasteiger partial charge < -0.3 is 19.7 Å². The minimum atomic E-state index is -0.392. The predicted octanol–water partition coefficient (Wildman–Crippen LogP) is 1.32. The SMILES string of the molecule is CC1(C(=O)N(CC2CCCO2)CC2CCCO2)CCCN1. The van der Waals surface area contributed by atoms with E-state index in [0.29, 0.717) is 0 Å². The molecule has 1 N–H and O–H groups in total. The van der Waals surface area contributed by atoms with Gasteiger partial charge in [-0.15, -0.1) is 0 Å². The molecule has 5 nitrogen and oxygen atoms in total. The summed E-state index contributed by atoms with van der Waals surface area (Å²) in [6, 6.07) is 0. The lowest BCUT2D eigenvalue weighted by atomic mass is 9.97. The predicted molar refractivity (Wildman–Crippen MR) is 80.2 cm³/mol. The van der Waals surface area contributed by atoms with E-state index in [0.717, 1.165) is 71.4 Å². The second-order valence-corrected chi connectivity index (χ2v) is 6.84. The van der Waals surface area contributed by atoms with E-state index in [4.69, 9.17) is 9.47 Å². The molecule has 3 atom stereocenters. The normalized spacial score (nSPS) is 36.2. The van der Waals surface area contributed by atoms with Gasteiger partial charge in [0.25, 0.3) is 0 Å². The molecule has 0 spiro atoms. The lowest BCUT2D eigenvalue weighted by Crippen LogP contribution is -2.55. The first-order valence-electron chi connectivity index (χ1n) is 8.45. The third-order valence-corrected chi connectivity index (χ3v) is 5.02. The van der Waals surface area contributed by atoms with Gasteiger partial charge >= 0.3 is 0 Å². The fourth-order valence-electron chi connectivity index (χ4n) is 3.73. The zero-order valence-electron chi connectivity index (χ0n) is 13.1. The van der Waals surface area contributed by atoms with Gasteiger partial charge in [-0.3, -0.25) is 4.79 Å². The van der Waals surface area contributed by atoms with Crippen LogP contribution >= 0.6 is 0 Å². The van der Waals surface area contributed by atoms with E-state index in [1.54, 1.807) is 0 Å². The summed E-state index contributed by atoms with van der Waals surface area (Å²) in [7, 11) is 0. The van der Waals surface area contributed by atoms with Crippen molar-refractivity contribution >= 4 is 5.91 Å². The molecule has 0 aromatic carbocycles. The highest BCUT2D eigenvalue weighted by Gasteiger charge is 2.40. The minimum Gasteiger partial charge on any atom is -0.376 e. The quantitative estimate of drug-likeness (QED) is 0.831. The molecule has 5 heteroatoms. The molecule has 0 saturated carbocycles. The lowest BCUT2D eigenvalue weighted by Gasteiger charge is -2.34. The van der Waals surface area contributed by atoms with Crippen LogP contribution in [0.15, 0.2) is 0 Å². The van der Waals surface area contributed by atoms with E-state index in [1.807, 2.05) is 11.8 Å². The van der Waals surface area contributed by atoms with E-state index in [-0.39, 0.29) is 18.1 Å². The van der Waals surface area contributed by atoms with Crippen LogP contribution in [0.3, 0.4) is 0 Å². The zero-order chi connectivity index (χ0) is 14.7. The van der Waals surface area contributed by atoms with Gasteiger partial charge in [0.15, 0.2) is 0 Å². The molecular formula is C16H28N2O3. The molecule has 3 heterocycles. The Hall–Kier alpha value is -0.650. The van der Waals surface area contributed by atoms with Crippen LogP contribution in [0.5, 0.6) is 0 Å². The van der Waals surface area contributed by atoms with Gasteiger partial charge in [-0.2, -0.15) is 0 Å². The number of ether oxygens (including phenoxy) is 2.